The van der Waals surface area contributed by atoms with Crippen molar-refractivity contribution >= 4 is 62.9 Å². The van der Waals surface area contributed by atoms with Crippen molar-refractivity contribution in [3.63, 3.8) is 0 Å². The van der Waals surface area contributed by atoms with Crippen LogP contribution in [0.25, 0.3) is 0 Å². The molecule has 4 aromatic rings. The van der Waals surface area contributed by atoms with Crippen LogP contribution >= 0.6 is 22.7 Å². The first kappa shape index (κ1) is 22.2. The van der Waals surface area contributed by atoms with Gasteiger partial charge in [-0.25, -0.2) is 0 Å². The monoisotopic (exact) mass is 476 g/mol. The molecular weight excluding hydrogens is 458 g/mol. The van der Waals surface area contributed by atoms with Gasteiger partial charge in [-0.1, -0.05) is 12.1 Å². The van der Waals surface area contributed by atoms with Crippen molar-refractivity contribution in [2.75, 3.05) is 17.7 Å². The van der Waals surface area contributed by atoms with Gasteiger partial charge in [0.25, 0.3) is 17.5 Å². The Balaban J connectivity index is 1.60. The van der Waals surface area contributed by atoms with E-state index in [-0.39, 0.29) is 11.8 Å². The van der Waals surface area contributed by atoms with Crippen LogP contribution in [0.4, 0.5) is 28.4 Å². The predicted molar refractivity (Wildman–Crippen MR) is 131 cm³/mol. The van der Waals surface area contributed by atoms with Crippen LogP contribution in [-0.2, 0) is 0 Å². The smallest absolute Gasteiger partial charge is 0.265 e. The molecule has 0 atom stereocenters. The molecule has 0 saturated carbocycles. The quantitative estimate of drug-likeness (QED) is 0.227. The molecule has 0 unspecified atom stereocenters. The van der Waals surface area contributed by atoms with E-state index in [2.05, 4.69) is 20.9 Å². The first-order valence-corrected chi connectivity index (χ1v) is 11.5. The lowest BCUT2D eigenvalue weighted by atomic mass is 10.2. The summed E-state index contributed by atoms with van der Waals surface area (Å²) < 4.78 is 0.752. The van der Waals surface area contributed by atoms with Crippen LogP contribution in [-0.4, -0.2) is 23.6 Å². The van der Waals surface area contributed by atoms with Gasteiger partial charge in [0.2, 0.25) is 0 Å². The van der Waals surface area contributed by atoms with Crippen LogP contribution in [0.5, 0.6) is 0 Å². The molecule has 33 heavy (non-hydrogen) atoms. The average Bonchev–Trinajstić information content (AvgIpc) is 3.53. The van der Waals surface area contributed by atoms with Crippen molar-refractivity contribution in [2.45, 2.75) is 0 Å². The summed E-state index contributed by atoms with van der Waals surface area (Å²) in [7, 11) is 1.41. The highest BCUT2D eigenvalue weighted by Gasteiger charge is 2.13. The van der Waals surface area contributed by atoms with Gasteiger partial charge in [0.15, 0.2) is 7.05 Å². The fourth-order valence-electron chi connectivity index (χ4n) is 2.83. The summed E-state index contributed by atoms with van der Waals surface area (Å²) in [5.41, 5.74) is 2.38. The number of carbonyl (C=O) groups excluding carboxylic acids is 2. The number of hydrogen-bond acceptors (Lipinski definition) is 7. The van der Waals surface area contributed by atoms with Crippen molar-refractivity contribution in [3.8, 4) is 0 Å². The van der Waals surface area contributed by atoms with Gasteiger partial charge in [-0.15, -0.1) is 27.8 Å². The first-order chi connectivity index (χ1) is 16.0. The largest absolute Gasteiger partial charge is 0.321 e. The number of hydrogen-bond donors (Lipinski definition) is 2. The normalized spacial score (nSPS) is 10.8. The maximum absolute atomic E-state index is 12.6. The number of anilines is 2. The second-order valence-electron chi connectivity index (χ2n) is 6.81. The van der Waals surface area contributed by atoms with E-state index < -0.39 is 0 Å². The van der Waals surface area contributed by atoms with Crippen LogP contribution in [0.1, 0.15) is 19.3 Å². The Bertz CT molecular complexity index is 1310. The third-order valence-electron chi connectivity index (χ3n) is 4.48. The number of thiophene rings is 2. The number of benzene rings is 2. The van der Waals surface area contributed by atoms with Gasteiger partial charge < -0.3 is 10.6 Å². The predicted octanol–water partition coefficient (Wildman–Crippen LogP) is 6.77. The molecule has 0 spiro atoms. The topological polar surface area (TPSA) is 103 Å². The maximum Gasteiger partial charge on any atom is 0.265 e. The second kappa shape index (κ2) is 10.1. The molecule has 0 aliphatic rings. The summed E-state index contributed by atoms with van der Waals surface area (Å²) >= 11 is 2.66. The van der Waals surface area contributed by atoms with E-state index in [0.717, 1.165) is 4.76 Å². The Labute approximate surface area is 197 Å². The van der Waals surface area contributed by atoms with E-state index in [1.54, 1.807) is 66.7 Å². The molecule has 0 aliphatic heterocycles. The molecule has 8 nitrogen and oxygen atoms in total. The molecule has 0 bridgehead atoms. The van der Waals surface area contributed by atoms with Crippen molar-refractivity contribution in [1.82, 2.24) is 0 Å². The number of nitroso groups, excluding NO2 is 1. The van der Waals surface area contributed by atoms with Gasteiger partial charge in [-0.2, -0.15) is 5.11 Å². The zero-order chi connectivity index (χ0) is 23.2. The molecule has 164 valence electrons. The van der Waals surface area contributed by atoms with Crippen molar-refractivity contribution < 1.29 is 14.3 Å². The molecule has 10 heteroatoms. The second-order valence-corrected chi connectivity index (χ2v) is 8.70. The number of azo groups is 1. The standard InChI is InChI=1S/C23H17N5O3S2/c1-28(31)17-9-6-15(7-10-17)26-27-18-11-8-16(24-22(29)20-4-2-12-32-20)14-19(18)25-23(30)21-5-3-13-33-21/h2-14H,1H3,(H-,24,25,26,29,30,31)/p+1. The van der Waals surface area contributed by atoms with Crippen LogP contribution in [0.15, 0.2) is 87.7 Å². The zero-order valence-corrected chi connectivity index (χ0v) is 19.0. The molecular formula is C23H18N5O3S2+. The lowest BCUT2D eigenvalue weighted by Crippen LogP contribution is -2.12. The van der Waals surface area contributed by atoms with Crippen LogP contribution in [0.3, 0.4) is 0 Å². The highest BCUT2D eigenvalue weighted by molar-refractivity contribution is 7.12. The summed E-state index contributed by atoms with van der Waals surface area (Å²) in [5, 5.41) is 17.8. The van der Waals surface area contributed by atoms with Crippen LogP contribution in [0, 0.1) is 4.91 Å². The molecule has 2 aromatic heterocycles. The molecule has 4 rings (SSSR count). The number of carbonyl (C=O) groups is 2. The van der Waals surface area contributed by atoms with Gasteiger partial charge >= 0.3 is 0 Å². The van der Waals surface area contributed by atoms with E-state index >= 15 is 0 Å². The van der Waals surface area contributed by atoms with Crippen molar-refractivity contribution in [2.24, 2.45) is 10.2 Å². The molecule has 0 radical (unpaired) electrons. The molecule has 2 aromatic carbocycles. The molecule has 2 amide bonds. The Morgan fingerprint density at radius 1 is 0.818 bits per heavy atom. The molecule has 2 N–H and O–H groups in total. The molecule has 2 heterocycles. The van der Waals surface area contributed by atoms with Gasteiger partial charge in [0.1, 0.15) is 5.69 Å². The number of rotatable bonds is 7. The summed E-state index contributed by atoms with van der Waals surface area (Å²) in [5.74, 6) is -0.524. The minimum Gasteiger partial charge on any atom is -0.321 e. The Kier molecular flexibility index (Phi) is 6.77. The third kappa shape index (κ3) is 5.62. The number of nitrogens with zero attached hydrogens (tertiary/aromatic N) is 3. The summed E-state index contributed by atoms with van der Waals surface area (Å²) in [6.07, 6.45) is 0. The highest BCUT2D eigenvalue weighted by atomic mass is 32.1. The van der Waals surface area contributed by atoms with Crippen molar-refractivity contribution in [3.05, 3.63) is 92.2 Å². The number of nitrogens with one attached hydrogen (secondary N) is 2. The minimum atomic E-state index is -0.286. The summed E-state index contributed by atoms with van der Waals surface area (Å²) in [6, 6.07) is 18.7. The van der Waals surface area contributed by atoms with Crippen molar-refractivity contribution in [1.29, 1.82) is 0 Å². The first-order valence-electron chi connectivity index (χ1n) is 9.76. The maximum atomic E-state index is 12.6. The minimum absolute atomic E-state index is 0.238. The Morgan fingerprint density at radius 3 is 2.03 bits per heavy atom. The highest BCUT2D eigenvalue weighted by Crippen LogP contribution is 2.31. The fraction of sp³-hybridized carbons (Fsp3) is 0.0435. The van der Waals surface area contributed by atoms with Crippen LogP contribution < -0.4 is 10.6 Å². The Hall–Kier alpha value is -4.02. The third-order valence-corrected chi connectivity index (χ3v) is 6.22. The summed E-state index contributed by atoms with van der Waals surface area (Å²) in [4.78, 5) is 37.5. The number of amides is 2. The van der Waals surface area contributed by atoms with E-state index in [0.29, 0.717) is 38.2 Å². The van der Waals surface area contributed by atoms with E-state index in [1.165, 1.54) is 29.7 Å². The van der Waals surface area contributed by atoms with Gasteiger partial charge in [0, 0.05) is 27.5 Å². The zero-order valence-electron chi connectivity index (χ0n) is 17.4. The molecule has 0 aliphatic carbocycles. The van der Waals surface area contributed by atoms with Gasteiger partial charge in [-0.3, -0.25) is 9.59 Å². The molecule has 0 saturated heterocycles. The lowest BCUT2D eigenvalue weighted by Gasteiger charge is -2.10. The van der Waals surface area contributed by atoms with Crippen LogP contribution in [0.2, 0.25) is 0 Å². The van der Waals surface area contributed by atoms with E-state index in [1.807, 2.05) is 10.8 Å². The SMILES string of the molecule is C[N+](=O)c1ccc(N=Nc2ccc(NC(=O)c3cccs3)cc2NC(=O)c2cccs2)cc1. The lowest BCUT2D eigenvalue weighted by molar-refractivity contribution is -0.428. The Morgan fingerprint density at radius 2 is 1.45 bits per heavy atom. The average molecular weight is 477 g/mol. The van der Waals surface area contributed by atoms with E-state index in [9.17, 15) is 14.5 Å². The molecule has 0 fully saturated rings. The van der Waals surface area contributed by atoms with Gasteiger partial charge in [0.05, 0.1) is 21.1 Å². The fourth-order valence-corrected chi connectivity index (χ4v) is 4.07. The summed E-state index contributed by atoms with van der Waals surface area (Å²) in [6.45, 7) is 0. The van der Waals surface area contributed by atoms with Gasteiger partial charge in [-0.05, 0) is 53.2 Å². The van der Waals surface area contributed by atoms with E-state index in [4.69, 9.17) is 0 Å².